The minimum Gasteiger partial charge on any atom is -0.464 e. The quantitative estimate of drug-likeness (QED) is 0.798. The number of nitrogens with one attached hydrogen (secondary N) is 1. The first kappa shape index (κ1) is 13.3. The second-order valence-corrected chi connectivity index (χ2v) is 4.62. The van der Waals surface area contributed by atoms with Gasteiger partial charge in [0.05, 0.1) is 6.04 Å². The van der Waals surface area contributed by atoms with E-state index < -0.39 is 0 Å². The number of rotatable bonds is 5. The van der Waals surface area contributed by atoms with Crippen molar-refractivity contribution in [2.45, 2.75) is 26.3 Å². The molecule has 100 valence electrons. The SMILES string of the molecule is C=C(NC(CC)c1ccc(C)o1)c1ccccc1N. The van der Waals surface area contributed by atoms with Gasteiger partial charge in [-0.15, -0.1) is 0 Å². The molecule has 0 radical (unpaired) electrons. The van der Waals surface area contributed by atoms with Crippen molar-refractivity contribution in [1.82, 2.24) is 5.32 Å². The highest BCUT2D eigenvalue weighted by atomic mass is 16.3. The van der Waals surface area contributed by atoms with Crippen LogP contribution < -0.4 is 11.1 Å². The van der Waals surface area contributed by atoms with Crippen molar-refractivity contribution < 1.29 is 4.42 Å². The highest BCUT2D eigenvalue weighted by molar-refractivity contribution is 5.72. The Morgan fingerprint density at radius 2 is 2.05 bits per heavy atom. The Kier molecular flexibility index (Phi) is 3.95. The molecule has 0 fully saturated rings. The molecule has 1 heterocycles. The van der Waals surface area contributed by atoms with Crippen LogP contribution in [0, 0.1) is 6.92 Å². The molecule has 1 atom stereocenters. The van der Waals surface area contributed by atoms with Crippen LogP contribution in [-0.2, 0) is 0 Å². The van der Waals surface area contributed by atoms with Crippen molar-refractivity contribution in [3.63, 3.8) is 0 Å². The standard InChI is InChI=1S/C16H20N2O/c1-4-15(16-10-9-11(2)19-16)18-12(3)13-7-5-6-8-14(13)17/h5-10,15,18H,3-4,17H2,1-2H3. The smallest absolute Gasteiger partial charge is 0.126 e. The summed E-state index contributed by atoms with van der Waals surface area (Å²) in [5.74, 6) is 1.84. The maximum Gasteiger partial charge on any atom is 0.126 e. The van der Waals surface area contributed by atoms with Crippen LogP contribution in [0.15, 0.2) is 47.4 Å². The molecule has 0 saturated heterocycles. The van der Waals surface area contributed by atoms with Gasteiger partial charge >= 0.3 is 0 Å². The molecule has 1 aromatic heterocycles. The van der Waals surface area contributed by atoms with Gasteiger partial charge < -0.3 is 15.5 Å². The van der Waals surface area contributed by atoms with Gasteiger partial charge in [0.1, 0.15) is 11.5 Å². The Morgan fingerprint density at radius 1 is 1.32 bits per heavy atom. The van der Waals surface area contributed by atoms with Crippen LogP contribution in [0.3, 0.4) is 0 Å². The van der Waals surface area contributed by atoms with Gasteiger partial charge in [0.15, 0.2) is 0 Å². The van der Waals surface area contributed by atoms with Gasteiger partial charge in [0.25, 0.3) is 0 Å². The average Bonchev–Trinajstić information content (AvgIpc) is 2.82. The molecule has 3 nitrogen and oxygen atoms in total. The molecule has 0 spiro atoms. The number of para-hydroxylation sites is 1. The van der Waals surface area contributed by atoms with Gasteiger partial charge in [-0.2, -0.15) is 0 Å². The van der Waals surface area contributed by atoms with Gasteiger partial charge in [0, 0.05) is 16.9 Å². The second-order valence-electron chi connectivity index (χ2n) is 4.62. The van der Waals surface area contributed by atoms with Crippen LogP contribution in [-0.4, -0.2) is 0 Å². The molecular weight excluding hydrogens is 236 g/mol. The van der Waals surface area contributed by atoms with E-state index in [-0.39, 0.29) is 6.04 Å². The van der Waals surface area contributed by atoms with Gasteiger partial charge in [0.2, 0.25) is 0 Å². The van der Waals surface area contributed by atoms with Gasteiger partial charge in [-0.05, 0) is 31.5 Å². The van der Waals surface area contributed by atoms with E-state index in [1.807, 2.05) is 43.3 Å². The van der Waals surface area contributed by atoms with Gasteiger partial charge in [-0.1, -0.05) is 31.7 Å². The maximum absolute atomic E-state index is 5.96. The predicted molar refractivity (Wildman–Crippen MR) is 79.5 cm³/mol. The summed E-state index contributed by atoms with van der Waals surface area (Å²) in [6.07, 6.45) is 0.915. The second kappa shape index (κ2) is 5.65. The molecule has 0 saturated carbocycles. The maximum atomic E-state index is 5.96. The van der Waals surface area contributed by atoms with Crippen molar-refractivity contribution in [2.24, 2.45) is 0 Å². The summed E-state index contributed by atoms with van der Waals surface area (Å²) in [6, 6.07) is 11.8. The molecule has 1 aromatic carbocycles. The van der Waals surface area contributed by atoms with Crippen molar-refractivity contribution in [3.05, 3.63) is 60.1 Å². The number of hydrogen-bond donors (Lipinski definition) is 2. The Labute approximate surface area is 114 Å². The van der Waals surface area contributed by atoms with Gasteiger partial charge in [-0.3, -0.25) is 0 Å². The normalized spacial score (nSPS) is 12.1. The zero-order valence-corrected chi connectivity index (χ0v) is 11.4. The minimum absolute atomic E-state index is 0.112. The summed E-state index contributed by atoms with van der Waals surface area (Å²) in [4.78, 5) is 0. The Hall–Kier alpha value is -2.16. The fraction of sp³-hybridized carbons (Fsp3) is 0.250. The third-order valence-corrected chi connectivity index (χ3v) is 3.15. The van der Waals surface area contributed by atoms with Crippen molar-refractivity contribution >= 4 is 11.4 Å². The zero-order valence-electron chi connectivity index (χ0n) is 11.4. The Balaban J connectivity index is 2.15. The first-order valence-electron chi connectivity index (χ1n) is 6.48. The molecule has 0 aliphatic heterocycles. The molecule has 3 heteroatoms. The summed E-state index contributed by atoms with van der Waals surface area (Å²) in [5.41, 5.74) is 8.44. The van der Waals surface area contributed by atoms with E-state index in [0.29, 0.717) is 0 Å². The van der Waals surface area contributed by atoms with Crippen LogP contribution in [0.25, 0.3) is 5.70 Å². The van der Waals surface area contributed by atoms with Crippen LogP contribution in [0.1, 0.15) is 36.5 Å². The molecule has 0 amide bonds. The van der Waals surface area contributed by atoms with E-state index in [9.17, 15) is 0 Å². The predicted octanol–water partition coefficient (Wildman–Crippen LogP) is 3.88. The summed E-state index contributed by atoms with van der Waals surface area (Å²) in [5, 5.41) is 3.39. The Morgan fingerprint density at radius 3 is 2.63 bits per heavy atom. The van der Waals surface area contributed by atoms with Crippen LogP contribution in [0.2, 0.25) is 0 Å². The molecule has 1 unspecified atom stereocenters. The molecule has 0 bridgehead atoms. The third kappa shape index (κ3) is 2.99. The summed E-state index contributed by atoms with van der Waals surface area (Å²) in [7, 11) is 0. The summed E-state index contributed by atoms with van der Waals surface area (Å²) >= 11 is 0. The molecule has 19 heavy (non-hydrogen) atoms. The fourth-order valence-corrected chi connectivity index (χ4v) is 2.07. The summed E-state index contributed by atoms with van der Waals surface area (Å²) in [6.45, 7) is 8.13. The third-order valence-electron chi connectivity index (χ3n) is 3.15. The number of hydrogen-bond acceptors (Lipinski definition) is 3. The lowest BCUT2D eigenvalue weighted by atomic mass is 10.1. The average molecular weight is 256 g/mol. The highest BCUT2D eigenvalue weighted by Crippen LogP contribution is 2.24. The van der Waals surface area contributed by atoms with E-state index in [0.717, 1.165) is 34.9 Å². The lowest BCUT2D eigenvalue weighted by molar-refractivity contribution is 0.420. The fourth-order valence-electron chi connectivity index (χ4n) is 2.07. The zero-order chi connectivity index (χ0) is 13.8. The van der Waals surface area contributed by atoms with Crippen LogP contribution >= 0.6 is 0 Å². The first-order chi connectivity index (χ1) is 9.11. The topological polar surface area (TPSA) is 51.2 Å². The number of aryl methyl sites for hydroxylation is 1. The molecule has 3 N–H and O–H groups in total. The first-order valence-corrected chi connectivity index (χ1v) is 6.48. The molecule has 0 aliphatic rings. The van der Waals surface area contributed by atoms with Crippen LogP contribution in [0.5, 0.6) is 0 Å². The number of nitrogens with two attached hydrogens (primary N) is 1. The van der Waals surface area contributed by atoms with E-state index >= 15 is 0 Å². The van der Waals surface area contributed by atoms with E-state index in [2.05, 4.69) is 18.8 Å². The molecule has 0 aliphatic carbocycles. The number of furan rings is 1. The van der Waals surface area contributed by atoms with E-state index in [1.54, 1.807) is 0 Å². The molecule has 2 aromatic rings. The number of anilines is 1. The lowest BCUT2D eigenvalue weighted by Crippen LogP contribution is -2.18. The number of benzene rings is 1. The highest BCUT2D eigenvalue weighted by Gasteiger charge is 2.14. The van der Waals surface area contributed by atoms with Gasteiger partial charge in [-0.25, -0.2) is 0 Å². The van der Waals surface area contributed by atoms with Crippen molar-refractivity contribution in [2.75, 3.05) is 5.73 Å². The van der Waals surface area contributed by atoms with Crippen molar-refractivity contribution in [1.29, 1.82) is 0 Å². The van der Waals surface area contributed by atoms with E-state index in [4.69, 9.17) is 10.2 Å². The Bertz CT molecular complexity index is 572. The summed E-state index contributed by atoms with van der Waals surface area (Å²) < 4.78 is 5.67. The lowest BCUT2D eigenvalue weighted by Gasteiger charge is -2.19. The van der Waals surface area contributed by atoms with Crippen molar-refractivity contribution in [3.8, 4) is 0 Å². The molecule has 2 rings (SSSR count). The minimum atomic E-state index is 0.112. The van der Waals surface area contributed by atoms with E-state index in [1.165, 1.54) is 0 Å². The largest absolute Gasteiger partial charge is 0.464 e. The monoisotopic (exact) mass is 256 g/mol. The van der Waals surface area contributed by atoms with Crippen LogP contribution in [0.4, 0.5) is 5.69 Å². The number of nitrogen functional groups attached to an aromatic ring is 1. The molecular formula is C16H20N2O.